The Bertz CT molecular complexity index is 2780. The number of anilines is 3. The van der Waals surface area contributed by atoms with Crippen LogP contribution >= 0.6 is 0 Å². The van der Waals surface area contributed by atoms with Crippen LogP contribution in [0.15, 0.2) is 133 Å². The van der Waals surface area contributed by atoms with E-state index in [0.29, 0.717) is 0 Å². The summed E-state index contributed by atoms with van der Waals surface area (Å²) in [4.78, 5) is 2.53. The third-order valence-corrected chi connectivity index (χ3v) is 14.3. The molecule has 0 fully saturated rings. The van der Waals surface area contributed by atoms with Gasteiger partial charge in [-0.05, 0) is 138 Å². The molecule has 274 valence electrons. The lowest BCUT2D eigenvalue weighted by Crippen LogP contribution is -2.18. The lowest BCUT2D eigenvalue weighted by molar-refractivity contribution is 0.609. The highest BCUT2D eigenvalue weighted by Crippen LogP contribution is 2.60. The number of nitrogens with zero attached hydrogens (tertiary/aromatic N) is 1. The van der Waals surface area contributed by atoms with E-state index in [9.17, 15) is 4.39 Å². The highest BCUT2D eigenvalue weighted by atomic mass is 19.1. The molecule has 0 radical (unpaired) electrons. The standard InChI is InChI=1S/C54H46FN/c1-51(2)41-16-11-9-14-34(41)36-24-21-32(27-45(36)51)56(33-22-25-37-35-15-10-12-17-42(35)52(3,4)46(37)28-33)49-19-13-18-43-50(49)40-30-47-39(29-48(40)53(43,5)6)38-23-20-31(55)26-44(38)54(47,7)8/h9-30H,1-8H3. The predicted octanol–water partition coefficient (Wildman–Crippen LogP) is 14.5. The number of fused-ring (bicyclic) bond motifs is 12. The van der Waals surface area contributed by atoms with Crippen molar-refractivity contribution in [3.63, 3.8) is 0 Å². The first-order valence-corrected chi connectivity index (χ1v) is 20.1. The summed E-state index contributed by atoms with van der Waals surface area (Å²) in [5.74, 6) is -0.179. The van der Waals surface area contributed by atoms with Gasteiger partial charge in [0, 0.05) is 38.6 Å². The fourth-order valence-electron chi connectivity index (χ4n) is 11.2. The summed E-state index contributed by atoms with van der Waals surface area (Å²) in [6, 6.07) is 49.2. The van der Waals surface area contributed by atoms with E-state index in [4.69, 9.17) is 0 Å². The van der Waals surface area contributed by atoms with E-state index in [0.717, 1.165) is 22.5 Å². The Hall–Kier alpha value is -5.73. The van der Waals surface area contributed by atoms with Crippen molar-refractivity contribution in [2.75, 3.05) is 4.90 Å². The Morgan fingerprint density at radius 2 is 0.750 bits per heavy atom. The van der Waals surface area contributed by atoms with Crippen LogP contribution in [0.25, 0.3) is 44.5 Å². The smallest absolute Gasteiger partial charge is 0.123 e. The van der Waals surface area contributed by atoms with E-state index in [1.54, 1.807) is 12.1 Å². The fourth-order valence-corrected chi connectivity index (χ4v) is 11.2. The Labute approximate surface area is 330 Å². The molecule has 0 saturated heterocycles. The van der Waals surface area contributed by atoms with E-state index in [-0.39, 0.29) is 27.5 Å². The maximum absolute atomic E-state index is 14.8. The third-order valence-electron chi connectivity index (χ3n) is 14.3. The van der Waals surface area contributed by atoms with Crippen molar-refractivity contribution >= 4 is 17.1 Å². The van der Waals surface area contributed by atoms with Gasteiger partial charge in [0.1, 0.15) is 5.82 Å². The minimum absolute atomic E-state index is 0.136. The minimum Gasteiger partial charge on any atom is -0.310 e. The molecule has 0 heterocycles. The second-order valence-corrected chi connectivity index (χ2v) is 18.7. The van der Waals surface area contributed by atoms with Gasteiger partial charge in [-0.3, -0.25) is 0 Å². The largest absolute Gasteiger partial charge is 0.310 e. The van der Waals surface area contributed by atoms with Crippen molar-refractivity contribution < 1.29 is 4.39 Å². The molecule has 4 aliphatic carbocycles. The summed E-state index contributed by atoms with van der Waals surface area (Å²) < 4.78 is 14.8. The minimum atomic E-state index is -0.329. The van der Waals surface area contributed by atoms with Crippen molar-refractivity contribution in [2.45, 2.75) is 77.0 Å². The van der Waals surface area contributed by atoms with Gasteiger partial charge in [0.05, 0.1) is 5.69 Å². The normalized spacial score (nSPS) is 17.2. The second-order valence-electron chi connectivity index (χ2n) is 18.7. The molecule has 7 aromatic rings. The maximum Gasteiger partial charge on any atom is 0.123 e. The van der Waals surface area contributed by atoms with Crippen LogP contribution in [0.5, 0.6) is 0 Å². The first-order chi connectivity index (χ1) is 26.7. The lowest BCUT2D eigenvalue weighted by atomic mass is 9.79. The molecule has 0 atom stereocenters. The Balaban J connectivity index is 1.17. The van der Waals surface area contributed by atoms with Crippen molar-refractivity contribution in [1.82, 2.24) is 0 Å². The molecule has 0 saturated carbocycles. The summed E-state index contributed by atoms with van der Waals surface area (Å²) in [5.41, 5.74) is 23.3. The first kappa shape index (κ1) is 33.6. The molecule has 0 unspecified atom stereocenters. The molecular weight excluding hydrogens is 682 g/mol. The quantitative estimate of drug-likeness (QED) is 0.175. The summed E-state index contributed by atoms with van der Waals surface area (Å²) in [5, 5.41) is 0. The Kier molecular flexibility index (Phi) is 6.46. The Morgan fingerprint density at radius 1 is 0.339 bits per heavy atom. The van der Waals surface area contributed by atoms with Crippen LogP contribution in [0.2, 0.25) is 0 Å². The summed E-state index contributed by atoms with van der Waals surface area (Å²) in [7, 11) is 0. The van der Waals surface area contributed by atoms with Crippen molar-refractivity contribution in [2.24, 2.45) is 0 Å². The molecule has 11 rings (SSSR count). The molecule has 7 aromatic carbocycles. The molecule has 0 N–H and O–H groups in total. The van der Waals surface area contributed by atoms with Crippen LogP contribution < -0.4 is 4.90 Å². The van der Waals surface area contributed by atoms with Gasteiger partial charge in [0.25, 0.3) is 0 Å². The second kappa shape index (κ2) is 10.8. The number of benzene rings is 7. The molecule has 56 heavy (non-hydrogen) atoms. The van der Waals surface area contributed by atoms with Gasteiger partial charge in [-0.25, -0.2) is 4.39 Å². The third kappa shape index (κ3) is 4.15. The van der Waals surface area contributed by atoms with Gasteiger partial charge in [-0.15, -0.1) is 0 Å². The van der Waals surface area contributed by atoms with Gasteiger partial charge < -0.3 is 4.90 Å². The number of rotatable bonds is 3. The first-order valence-electron chi connectivity index (χ1n) is 20.1. The predicted molar refractivity (Wildman–Crippen MR) is 231 cm³/mol. The van der Waals surface area contributed by atoms with E-state index in [1.165, 1.54) is 83.6 Å². The van der Waals surface area contributed by atoms with E-state index in [2.05, 4.69) is 176 Å². The van der Waals surface area contributed by atoms with Crippen LogP contribution in [-0.2, 0) is 21.7 Å². The average molecular weight is 728 g/mol. The molecule has 2 heteroatoms. The topological polar surface area (TPSA) is 3.24 Å². The maximum atomic E-state index is 14.8. The van der Waals surface area contributed by atoms with Crippen LogP contribution in [0.3, 0.4) is 0 Å². The van der Waals surface area contributed by atoms with E-state index >= 15 is 0 Å². The van der Waals surface area contributed by atoms with Gasteiger partial charge in [0.2, 0.25) is 0 Å². The van der Waals surface area contributed by atoms with E-state index in [1.807, 2.05) is 6.07 Å². The lowest BCUT2D eigenvalue weighted by Gasteiger charge is -2.31. The zero-order valence-electron chi connectivity index (χ0n) is 33.5. The monoisotopic (exact) mass is 727 g/mol. The number of halogens is 1. The van der Waals surface area contributed by atoms with Crippen molar-refractivity contribution in [3.8, 4) is 44.5 Å². The highest BCUT2D eigenvalue weighted by molar-refractivity contribution is 5.99. The van der Waals surface area contributed by atoms with Crippen LogP contribution in [0.4, 0.5) is 21.5 Å². The molecule has 0 bridgehead atoms. The number of hydrogen-bond acceptors (Lipinski definition) is 1. The molecule has 0 spiro atoms. The summed E-state index contributed by atoms with van der Waals surface area (Å²) in [6.07, 6.45) is 0. The average Bonchev–Trinajstić information content (AvgIpc) is 3.75. The van der Waals surface area contributed by atoms with Crippen LogP contribution in [0, 0.1) is 5.82 Å². The highest BCUT2D eigenvalue weighted by Gasteiger charge is 2.44. The SMILES string of the molecule is CC1(C)c2ccccc2-c2ccc(N(c3ccc4c(c3)C(C)(C)c3ccccc3-4)c3cccc4c3-c3cc5c(cc3C4(C)C)-c3ccc(F)cc3C5(C)C)cc21. The Morgan fingerprint density at radius 3 is 1.36 bits per heavy atom. The van der Waals surface area contributed by atoms with Gasteiger partial charge in [-0.1, -0.05) is 134 Å². The summed E-state index contributed by atoms with van der Waals surface area (Å²) in [6.45, 7) is 18.7. The molecule has 4 aliphatic rings. The van der Waals surface area contributed by atoms with Crippen LogP contribution in [0.1, 0.15) is 99.9 Å². The van der Waals surface area contributed by atoms with Crippen LogP contribution in [-0.4, -0.2) is 0 Å². The fraction of sp³-hybridized carbons (Fsp3) is 0.222. The zero-order valence-corrected chi connectivity index (χ0v) is 33.5. The molecule has 0 amide bonds. The van der Waals surface area contributed by atoms with Gasteiger partial charge in [-0.2, -0.15) is 0 Å². The molecule has 0 aliphatic heterocycles. The van der Waals surface area contributed by atoms with Gasteiger partial charge in [0.15, 0.2) is 0 Å². The van der Waals surface area contributed by atoms with Gasteiger partial charge >= 0.3 is 0 Å². The summed E-state index contributed by atoms with van der Waals surface area (Å²) >= 11 is 0. The number of hydrogen-bond donors (Lipinski definition) is 0. The molecule has 0 aromatic heterocycles. The van der Waals surface area contributed by atoms with E-state index < -0.39 is 0 Å². The molecular formula is C54H46FN. The molecule has 1 nitrogen and oxygen atoms in total. The van der Waals surface area contributed by atoms with Crippen molar-refractivity contribution in [1.29, 1.82) is 0 Å². The van der Waals surface area contributed by atoms with Crippen molar-refractivity contribution in [3.05, 3.63) is 184 Å². The zero-order chi connectivity index (χ0) is 38.7.